The van der Waals surface area contributed by atoms with Crippen molar-refractivity contribution in [1.82, 2.24) is 35.3 Å². The summed E-state index contributed by atoms with van der Waals surface area (Å²) in [4.78, 5) is 4.16. The molecule has 9 nitrogen and oxygen atoms in total. The number of aliphatic imine (C=N–C) groups is 1. The largest absolute Gasteiger partial charge is 0.507 e. The molecule has 0 bridgehead atoms. The predicted octanol–water partition coefficient (Wildman–Crippen LogP) is 3.77. The fourth-order valence-electron chi connectivity index (χ4n) is 5.00. The highest BCUT2D eigenvalue weighted by Gasteiger charge is 2.39. The van der Waals surface area contributed by atoms with Gasteiger partial charge in [-0.15, -0.1) is 10.2 Å². The SMILES string of the molecule is C=N/C(=C\c1nnn(C2CC(C)(C)NC(C)(C)C2)c1C)c1ccc(-c2cn(C)nn2)cc1O. The number of hydrogen-bond acceptors (Lipinski definition) is 7. The van der Waals surface area contributed by atoms with Crippen LogP contribution in [0.15, 0.2) is 29.4 Å². The highest BCUT2D eigenvalue weighted by molar-refractivity contribution is 5.85. The topological polar surface area (TPSA) is 106 Å². The first kappa shape index (κ1) is 22.8. The van der Waals surface area contributed by atoms with Gasteiger partial charge in [0.25, 0.3) is 0 Å². The van der Waals surface area contributed by atoms with Crippen LogP contribution in [0.1, 0.15) is 63.5 Å². The smallest absolute Gasteiger partial charge is 0.125 e. The average molecular weight is 449 g/mol. The summed E-state index contributed by atoms with van der Waals surface area (Å²) in [7, 11) is 1.80. The lowest BCUT2D eigenvalue weighted by atomic mass is 9.79. The molecule has 3 aromatic rings. The van der Waals surface area contributed by atoms with Gasteiger partial charge in [-0.25, -0.2) is 4.68 Å². The second-order valence-corrected chi connectivity index (χ2v) is 10.2. The van der Waals surface area contributed by atoms with Crippen LogP contribution >= 0.6 is 0 Å². The molecule has 0 radical (unpaired) electrons. The van der Waals surface area contributed by atoms with Gasteiger partial charge in [-0.2, -0.15) is 0 Å². The van der Waals surface area contributed by atoms with Crippen molar-refractivity contribution in [1.29, 1.82) is 0 Å². The molecule has 3 heterocycles. The van der Waals surface area contributed by atoms with Crippen molar-refractivity contribution >= 4 is 18.5 Å². The van der Waals surface area contributed by atoms with Crippen molar-refractivity contribution in [2.24, 2.45) is 12.0 Å². The second kappa shape index (κ2) is 8.22. The van der Waals surface area contributed by atoms with Crippen LogP contribution in [0.4, 0.5) is 0 Å². The van der Waals surface area contributed by atoms with Crippen LogP contribution in [0.3, 0.4) is 0 Å². The molecule has 2 N–H and O–H groups in total. The molecular formula is C24H32N8O. The lowest BCUT2D eigenvalue weighted by molar-refractivity contribution is 0.124. The van der Waals surface area contributed by atoms with Gasteiger partial charge in [0.2, 0.25) is 0 Å². The molecule has 1 fully saturated rings. The van der Waals surface area contributed by atoms with Gasteiger partial charge >= 0.3 is 0 Å². The molecule has 1 aliphatic rings. The van der Waals surface area contributed by atoms with Gasteiger partial charge in [0.15, 0.2) is 0 Å². The van der Waals surface area contributed by atoms with Gasteiger partial charge in [0.1, 0.15) is 17.1 Å². The molecule has 0 atom stereocenters. The number of phenolic OH excluding ortho intramolecular Hbond substituents is 1. The molecule has 0 unspecified atom stereocenters. The number of phenols is 1. The van der Waals surface area contributed by atoms with E-state index in [-0.39, 0.29) is 22.9 Å². The van der Waals surface area contributed by atoms with E-state index >= 15 is 0 Å². The molecule has 33 heavy (non-hydrogen) atoms. The van der Waals surface area contributed by atoms with Crippen LogP contribution in [0.2, 0.25) is 0 Å². The van der Waals surface area contributed by atoms with Crippen LogP contribution < -0.4 is 5.32 Å². The quantitative estimate of drug-likeness (QED) is 0.576. The molecule has 9 heteroatoms. The Morgan fingerprint density at radius 2 is 1.88 bits per heavy atom. The first-order chi connectivity index (χ1) is 15.5. The van der Waals surface area contributed by atoms with Gasteiger partial charge in [0.05, 0.1) is 23.6 Å². The Morgan fingerprint density at radius 1 is 1.18 bits per heavy atom. The van der Waals surface area contributed by atoms with Gasteiger partial charge in [0, 0.05) is 29.3 Å². The maximum absolute atomic E-state index is 10.7. The summed E-state index contributed by atoms with van der Waals surface area (Å²) in [5.74, 6) is 0.0868. The van der Waals surface area contributed by atoms with Gasteiger partial charge < -0.3 is 10.4 Å². The minimum absolute atomic E-state index is 0.00527. The Labute approximate surface area is 194 Å². The van der Waals surface area contributed by atoms with Crippen molar-refractivity contribution in [2.45, 2.75) is 64.6 Å². The second-order valence-electron chi connectivity index (χ2n) is 10.2. The summed E-state index contributed by atoms with van der Waals surface area (Å²) in [6.45, 7) is 14.6. The minimum Gasteiger partial charge on any atom is -0.507 e. The number of aryl methyl sites for hydroxylation is 1. The zero-order valence-corrected chi connectivity index (χ0v) is 20.2. The first-order valence-corrected chi connectivity index (χ1v) is 11.1. The van der Waals surface area contributed by atoms with Crippen LogP contribution in [0.5, 0.6) is 5.75 Å². The molecule has 1 aromatic carbocycles. The van der Waals surface area contributed by atoms with Crippen LogP contribution in [-0.2, 0) is 7.05 Å². The Kier molecular flexibility index (Phi) is 5.69. The zero-order chi connectivity index (χ0) is 24.0. The number of piperidine rings is 1. The lowest BCUT2D eigenvalue weighted by Crippen LogP contribution is -2.58. The highest BCUT2D eigenvalue weighted by Crippen LogP contribution is 2.37. The Morgan fingerprint density at radius 3 is 2.45 bits per heavy atom. The Bertz CT molecular complexity index is 1200. The van der Waals surface area contributed by atoms with Gasteiger partial charge in [-0.1, -0.05) is 16.5 Å². The average Bonchev–Trinajstić information content (AvgIpc) is 3.30. The Hall–Kier alpha value is -3.33. The van der Waals surface area contributed by atoms with E-state index < -0.39 is 0 Å². The normalized spacial score (nSPS) is 18.4. The van der Waals surface area contributed by atoms with Crippen LogP contribution in [0.25, 0.3) is 23.0 Å². The molecule has 0 saturated carbocycles. The number of aromatic hydroxyl groups is 1. The fraction of sp³-hybridized carbons (Fsp3) is 0.458. The monoisotopic (exact) mass is 448 g/mol. The maximum atomic E-state index is 10.7. The number of rotatable bonds is 5. The van der Waals surface area contributed by atoms with Crippen molar-refractivity contribution in [2.75, 3.05) is 0 Å². The van der Waals surface area contributed by atoms with Crippen molar-refractivity contribution in [3.05, 3.63) is 41.3 Å². The molecule has 0 aliphatic carbocycles. The number of hydrogen-bond donors (Lipinski definition) is 2. The van der Waals surface area contributed by atoms with E-state index in [9.17, 15) is 5.11 Å². The number of nitrogens with one attached hydrogen (secondary N) is 1. The molecule has 0 spiro atoms. The number of nitrogens with zero attached hydrogens (tertiary/aromatic N) is 7. The molecule has 1 aliphatic heterocycles. The number of aromatic nitrogens is 6. The van der Waals surface area contributed by atoms with Crippen LogP contribution in [0, 0.1) is 6.92 Å². The molecule has 4 rings (SSSR count). The molecule has 0 amide bonds. The molecular weight excluding hydrogens is 416 g/mol. The van der Waals surface area contributed by atoms with E-state index in [1.165, 1.54) is 0 Å². The summed E-state index contributed by atoms with van der Waals surface area (Å²) >= 11 is 0. The molecule has 2 aromatic heterocycles. The van der Waals surface area contributed by atoms with E-state index in [1.54, 1.807) is 30.1 Å². The van der Waals surface area contributed by atoms with E-state index in [4.69, 9.17) is 0 Å². The van der Waals surface area contributed by atoms with Gasteiger partial charge in [-0.05, 0) is 72.4 Å². The summed E-state index contributed by atoms with van der Waals surface area (Å²) < 4.78 is 3.64. The van der Waals surface area contributed by atoms with E-state index in [2.05, 4.69) is 65.3 Å². The predicted molar refractivity (Wildman–Crippen MR) is 130 cm³/mol. The van der Waals surface area contributed by atoms with Crippen LogP contribution in [-0.4, -0.2) is 52.9 Å². The van der Waals surface area contributed by atoms with Gasteiger partial charge in [-0.3, -0.25) is 9.67 Å². The zero-order valence-electron chi connectivity index (χ0n) is 20.2. The Balaban J connectivity index is 1.65. The maximum Gasteiger partial charge on any atom is 0.125 e. The molecule has 1 saturated heterocycles. The standard InChI is InChI=1S/C24H32N8O/c1-15-19(26-30-32(15)17-12-23(2,3)28-24(4,5)13-17)11-20(25-6)18-9-8-16(10-22(18)33)21-14-31(7)29-27-21/h8-11,14,17,28,33H,6,12-13H2,1-5,7H3/b20-11-. The summed E-state index contributed by atoms with van der Waals surface area (Å²) in [5.41, 5.74) is 4.23. The lowest BCUT2D eigenvalue weighted by Gasteiger charge is -2.46. The molecule has 174 valence electrons. The highest BCUT2D eigenvalue weighted by atomic mass is 16.3. The van der Waals surface area contributed by atoms with Crippen molar-refractivity contribution < 1.29 is 5.11 Å². The summed E-state index contributed by atoms with van der Waals surface area (Å²) in [6, 6.07) is 5.57. The van der Waals surface area contributed by atoms with E-state index in [0.717, 1.165) is 24.1 Å². The number of benzene rings is 1. The fourth-order valence-corrected chi connectivity index (χ4v) is 5.00. The van der Waals surface area contributed by atoms with E-state index in [0.29, 0.717) is 22.6 Å². The summed E-state index contributed by atoms with van der Waals surface area (Å²) in [6.07, 6.45) is 5.53. The third kappa shape index (κ3) is 4.73. The van der Waals surface area contributed by atoms with E-state index in [1.807, 2.05) is 23.7 Å². The third-order valence-corrected chi connectivity index (χ3v) is 6.09. The van der Waals surface area contributed by atoms with Crippen molar-refractivity contribution in [3.63, 3.8) is 0 Å². The first-order valence-electron chi connectivity index (χ1n) is 11.1. The minimum atomic E-state index is 0.00527. The summed E-state index contributed by atoms with van der Waals surface area (Å²) in [5, 5.41) is 31.4. The third-order valence-electron chi connectivity index (χ3n) is 6.09. The van der Waals surface area contributed by atoms with Crippen molar-refractivity contribution in [3.8, 4) is 17.0 Å².